The van der Waals surface area contributed by atoms with Gasteiger partial charge in [-0.15, -0.1) is 0 Å². The van der Waals surface area contributed by atoms with E-state index >= 15 is 0 Å². The number of H-pyrrole nitrogens is 2. The summed E-state index contributed by atoms with van der Waals surface area (Å²) in [5.41, 5.74) is 3.02. The minimum Gasteiger partial charge on any atom is -0.347 e. The number of pyridine rings is 2. The molecule has 166 valence electrons. The van der Waals surface area contributed by atoms with E-state index in [4.69, 9.17) is 0 Å². The number of amides is 1. The van der Waals surface area contributed by atoms with E-state index in [1.165, 1.54) is 6.20 Å². The molecule has 3 aromatic rings. The molecule has 9 heteroatoms. The lowest BCUT2D eigenvalue weighted by Gasteiger charge is -2.32. The molecule has 1 aliphatic carbocycles. The second-order valence-electron chi connectivity index (χ2n) is 8.88. The summed E-state index contributed by atoms with van der Waals surface area (Å²) in [5, 5.41) is 0.438. The molecule has 0 spiro atoms. The van der Waals surface area contributed by atoms with Gasteiger partial charge in [-0.3, -0.25) is 14.4 Å². The number of nitrogens with zero attached hydrogens (tertiary/aromatic N) is 4. The molecule has 3 aromatic heterocycles. The summed E-state index contributed by atoms with van der Waals surface area (Å²) in [6.45, 7) is 1.04. The van der Waals surface area contributed by atoms with E-state index in [2.05, 4.69) is 19.9 Å². The number of aromatic amines is 2. The molecule has 2 N–H and O–H groups in total. The summed E-state index contributed by atoms with van der Waals surface area (Å²) < 4.78 is 0. The highest BCUT2D eigenvalue weighted by Gasteiger charge is 2.29. The van der Waals surface area contributed by atoms with Gasteiger partial charge < -0.3 is 19.8 Å². The molecule has 32 heavy (non-hydrogen) atoms. The molecule has 0 saturated carbocycles. The first-order valence-electron chi connectivity index (χ1n) is 11.0. The number of piperidine rings is 1. The average Bonchev–Trinajstić information content (AvgIpc) is 3.25. The minimum absolute atomic E-state index is 0.0314. The van der Waals surface area contributed by atoms with Crippen LogP contribution in [0.4, 0.5) is 5.95 Å². The van der Waals surface area contributed by atoms with Crippen LogP contribution >= 0.6 is 0 Å². The van der Waals surface area contributed by atoms with Crippen molar-refractivity contribution in [3.8, 4) is 0 Å². The van der Waals surface area contributed by atoms with E-state index in [1.54, 1.807) is 15.9 Å². The number of nitrogens with one attached hydrogen (secondary N) is 2. The van der Waals surface area contributed by atoms with Crippen LogP contribution in [0.25, 0.3) is 10.9 Å². The Labute approximate surface area is 184 Å². The molecule has 0 bridgehead atoms. The molecule has 0 unspecified atom stereocenters. The quantitative estimate of drug-likeness (QED) is 0.647. The molecule has 0 aromatic carbocycles. The van der Waals surface area contributed by atoms with Gasteiger partial charge in [-0.25, -0.2) is 9.97 Å². The third-order valence-electron chi connectivity index (χ3n) is 6.47. The first-order valence-corrected chi connectivity index (χ1v) is 11.0. The van der Waals surface area contributed by atoms with Crippen LogP contribution in [0, 0.1) is 0 Å². The lowest BCUT2D eigenvalue weighted by atomic mass is 9.93. The largest absolute Gasteiger partial charge is 0.347 e. The first kappa shape index (κ1) is 20.4. The first-order chi connectivity index (χ1) is 15.4. The van der Waals surface area contributed by atoms with Gasteiger partial charge in [-0.1, -0.05) is 0 Å². The Morgan fingerprint density at radius 2 is 1.97 bits per heavy atom. The van der Waals surface area contributed by atoms with E-state index < -0.39 is 0 Å². The zero-order valence-corrected chi connectivity index (χ0v) is 18.3. The maximum atomic E-state index is 13.2. The zero-order chi connectivity index (χ0) is 22.4. The Kier molecular flexibility index (Phi) is 5.03. The Morgan fingerprint density at radius 3 is 2.78 bits per heavy atom. The number of fused-ring (bicyclic) bond motifs is 2. The zero-order valence-electron chi connectivity index (χ0n) is 18.3. The van der Waals surface area contributed by atoms with E-state index in [0.29, 0.717) is 29.9 Å². The van der Waals surface area contributed by atoms with Gasteiger partial charge >= 0.3 is 0 Å². The monoisotopic (exact) mass is 434 g/mol. The van der Waals surface area contributed by atoms with Crippen molar-refractivity contribution in [3.05, 3.63) is 61.6 Å². The fraction of sp³-hybridized carbons (Fsp3) is 0.435. The molecule has 0 radical (unpaired) electrons. The number of carbonyl (C=O) groups excluding carboxylic acids is 1. The van der Waals surface area contributed by atoms with Crippen LogP contribution in [0.2, 0.25) is 0 Å². The van der Waals surface area contributed by atoms with Crippen LogP contribution < -0.4 is 16.0 Å². The lowest BCUT2D eigenvalue weighted by molar-refractivity contribution is 0.0704. The van der Waals surface area contributed by atoms with Crippen LogP contribution in [0.5, 0.6) is 0 Å². The molecule has 1 saturated heterocycles. The van der Waals surface area contributed by atoms with Gasteiger partial charge in [0.2, 0.25) is 5.95 Å². The molecular weight excluding hydrogens is 408 g/mol. The van der Waals surface area contributed by atoms with Crippen molar-refractivity contribution in [1.82, 2.24) is 24.8 Å². The third kappa shape index (κ3) is 3.57. The predicted molar refractivity (Wildman–Crippen MR) is 121 cm³/mol. The van der Waals surface area contributed by atoms with Crippen molar-refractivity contribution in [2.45, 2.75) is 38.0 Å². The van der Waals surface area contributed by atoms with Gasteiger partial charge in [-0.05, 0) is 49.8 Å². The molecule has 1 fully saturated rings. The molecule has 9 nitrogen and oxygen atoms in total. The van der Waals surface area contributed by atoms with Gasteiger partial charge in [-0.2, -0.15) is 0 Å². The Hall–Kier alpha value is -3.49. The van der Waals surface area contributed by atoms with E-state index in [9.17, 15) is 14.4 Å². The van der Waals surface area contributed by atoms with E-state index in [-0.39, 0.29) is 28.5 Å². The number of hydrogen-bond donors (Lipinski definition) is 2. The van der Waals surface area contributed by atoms with Crippen molar-refractivity contribution in [1.29, 1.82) is 0 Å². The number of aromatic nitrogens is 4. The van der Waals surface area contributed by atoms with Crippen LogP contribution in [-0.2, 0) is 12.8 Å². The molecule has 1 atom stereocenters. The number of hydrogen-bond acceptors (Lipinski definition) is 6. The highest BCUT2D eigenvalue weighted by molar-refractivity contribution is 5.94. The molecule has 4 heterocycles. The van der Waals surface area contributed by atoms with Gasteiger partial charge in [0.25, 0.3) is 17.0 Å². The van der Waals surface area contributed by atoms with Crippen molar-refractivity contribution in [2.24, 2.45) is 0 Å². The number of aryl methyl sites for hydroxylation is 2. The molecule has 2 aliphatic rings. The summed E-state index contributed by atoms with van der Waals surface area (Å²) >= 11 is 0. The maximum absolute atomic E-state index is 13.2. The Balaban J connectivity index is 1.44. The Bertz CT molecular complexity index is 1330. The maximum Gasteiger partial charge on any atom is 0.261 e. The van der Waals surface area contributed by atoms with Gasteiger partial charge in [0.1, 0.15) is 5.56 Å². The van der Waals surface area contributed by atoms with Crippen molar-refractivity contribution >= 4 is 22.8 Å². The predicted octanol–water partition coefficient (Wildman–Crippen LogP) is 1.58. The normalized spacial score (nSPS) is 18.1. The topological polar surface area (TPSA) is 115 Å². The molecule has 1 aliphatic heterocycles. The third-order valence-corrected chi connectivity index (χ3v) is 6.47. The standard InChI is InChI=1S/C23H26N6O3/c1-28(2)23-24-11-16-19(27-23)10-18(26-21(16)31)14-6-4-8-29(12-14)22(32)15-9-13-5-3-7-17(13)25-20(15)30/h9-11,14H,3-8,12H2,1-2H3,(H,25,30)(H,26,31)/t14-/m1/s1. The van der Waals surface area contributed by atoms with Crippen LogP contribution in [0.1, 0.15) is 52.5 Å². The highest BCUT2D eigenvalue weighted by atomic mass is 16.2. The van der Waals surface area contributed by atoms with Gasteiger partial charge in [0.15, 0.2) is 0 Å². The van der Waals surface area contributed by atoms with Crippen LogP contribution in [0.15, 0.2) is 27.9 Å². The average molecular weight is 435 g/mol. The number of rotatable bonds is 3. The number of carbonyl (C=O) groups is 1. The fourth-order valence-corrected chi connectivity index (χ4v) is 4.75. The summed E-state index contributed by atoms with van der Waals surface area (Å²) in [6, 6.07) is 3.65. The number of likely N-dealkylation sites (tertiary alicyclic amines) is 1. The van der Waals surface area contributed by atoms with Crippen molar-refractivity contribution < 1.29 is 4.79 Å². The van der Waals surface area contributed by atoms with Crippen LogP contribution in [-0.4, -0.2) is 57.9 Å². The molecule has 1 amide bonds. The smallest absolute Gasteiger partial charge is 0.261 e. The van der Waals surface area contributed by atoms with Crippen LogP contribution in [0.3, 0.4) is 0 Å². The van der Waals surface area contributed by atoms with E-state index in [0.717, 1.165) is 49.1 Å². The Morgan fingerprint density at radius 1 is 1.12 bits per heavy atom. The van der Waals surface area contributed by atoms with Crippen molar-refractivity contribution in [2.75, 3.05) is 32.1 Å². The SMILES string of the molecule is CN(C)c1ncc2c(=O)[nH]c([C@@H]3CCCN(C(=O)c4cc5c([nH]c4=O)CCC5)C3)cc2n1. The minimum atomic E-state index is -0.315. The summed E-state index contributed by atoms with van der Waals surface area (Å²) in [7, 11) is 3.70. The second-order valence-corrected chi connectivity index (χ2v) is 8.88. The highest BCUT2D eigenvalue weighted by Crippen LogP contribution is 2.28. The van der Waals surface area contributed by atoms with Gasteiger partial charge in [0, 0.05) is 50.7 Å². The summed E-state index contributed by atoms with van der Waals surface area (Å²) in [5.74, 6) is 0.257. The van der Waals surface area contributed by atoms with Crippen molar-refractivity contribution in [3.63, 3.8) is 0 Å². The van der Waals surface area contributed by atoms with Gasteiger partial charge in [0.05, 0.1) is 10.9 Å². The lowest BCUT2D eigenvalue weighted by Crippen LogP contribution is -2.41. The van der Waals surface area contributed by atoms with E-state index in [1.807, 2.05) is 20.2 Å². The summed E-state index contributed by atoms with van der Waals surface area (Å²) in [6.07, 6.45) is 5.94. The number of anilines is 1. The molecular formula is C23H26N6O3. The summed E-state index contributed by atoms with van der Waals surface area (Å²) in [4.78, 5) is 56.5. The fourth-order valence-electron chi connectivity index (χ4n) is 4.75. The second kappa shape index (κ2) is 7.89. The molecule has 5 rings (SSSR count).